The molecule has 0 radical (unpaired) electrons. The Hall–Kier alpha value is -1.97. The average Bonchev–Trinajstić information content (AvgIpc) is 2.28. The Kier molecular flexibility index (Phi) is 4.39. The molecule has 0 saturated carbocycles. The molecule has 4 heteroatoms. The maximum atomic E-state index is 11.1. The van der Waals surface area contributed by atoms with Gasteiger partial charge in [0.25, 0.3) is 0 Å². The van der Waals surface area contributed by atoms with E-state index in [0.717, 1.165) is 5.56 Å². The largest absolute Gasteiger partial charge is 0.410 e. The van der Waals surface area contributed by atoms with Crippen LogP contribution in [0.4, 0.5) is 0 Å². The smallest absolute Gasteiger partial charge is 0.183 e. The van der Waals surface area contributed by atoms with Gasteiger partial charge < -0.3 is 5.21 Å². The molecule has 84 valence electrons. The van der Waals surface area contributed by atoms with E-state index in [1.807, 2.05) is 30.3 Å². The molecule has 16 heavy (non-hydrogen) atoms. The number of rotatable bonds is 4. The molecule has 0 amide bonds. The van der Waals surface area contributed by atoms with E-state index < -0.39 is 0 Å². The maximum Gasteiger partial charge on any atom is 0.183 e. The number of aliphatic imine (C=N–C) groups is 1. The second kappa shape index (κ2) is 5.80. The van der Waals surface area contributed by atoms with Crippen LogP contribution in [0.15, 0.2) is 40.5 Å². The highest BCUT2D eigenvalue weighted by atomic mass is 16.4. The van der Waals surface area contributed by atoms with E-state index in [4.69, 9.17) is 5.21 Å². The van der Waals surface area contributed by atoms with Crippen LogP contribution < -0.4 is 0 Å². The van der Waals surface area contributed by atoms with Crippen molar-refractivity contribution in [2.75, 3.05) is 0 Å². The van der Waals surface area contributed by atoms with Crippen molar-refractivity contribution in [3.05, 3.63) is 35.9 Å². The van der Waals surface area contributed by atoms with Crippen LogP contribution in [0.5, 0.6) is 0 Å². The molecule has 0 heterocycles. The molecule has 1 aromatic rings. The molecule has 0 aromatic heterocycles. The first kappa shape index (κ1) is 12.1. The lowest BCUT2D eigenvalue weighted by molar-refractivity contribution is -0.111. The third-order valence-corrected chi connectivity index (χ3v) is 2.12. The molecule has 0 saturated heterocycles. The lowest BCUT2D eigenvalue weighted by atomic mass is 10.2. The molecule has 1 N–H and O–H groups in total. The van der Waals surface area contributed by atoms with Gasteiger partial charge in [0.1, 0.15) is 0 Å². The minimum absolute atomic E-state index is 0.0101. The second-order valence-electron chi connectivity index (χ2n) is 3.39. The first-order valence-electron chi connectivity index (χ1n) is 4.93. The molecular weight excluding hydrogens is 204 g/mol. The molecular formula is C12H14N2O2. The molecule has 0 spiro atoms. The predicted molar refractivity (Wildman–Crippen MR) is 63.2 cm³/mol. The Morgan fingerprint density at radius 3 is 2.38 bits per heavy atom. The number of benzene rings is 1. The maximum absolute atomic E-state index is 11.1. The van der Waals surface area contributed by atoms with E-state index in [9.17, 15) is 4.79 Å². The zero-order chi connectivity index (χ0) is 12.0. The Labute approximate surface area is 94.3 Å². The molecule has 1 rings (SSSR count). The molecule has 0 fully saturated rings. The van der Waals surface area contributed by atoms with E-state index in [2.05, 4.69) is 10.1 Å². The summed E-state index contributed by atoms with van der Waals surface area (Å²) in [6.45, 7) is 3.47. The minimum Gasteiger partial charge on any atom is -0.410 e. The van der Waals surface area contributed by atoms with Gasteiger partial charge >= 0.3 is 0 Å². The summed E-state index contributed by atoms with van der Waals surface area (Å²) in [6.07, 6.45) is 0. The van der Waals surface area contributed by atoms with Gasteiger partial charge in [-0.25, -0.2) is 0 Å². The van der Waals surface area contributed by atoms with Crippen molar-refractivity contribution in [2.24, 2.45) is 10.1 Å². The number of carbonyl (C=O) groups is 1. The molecule has 0 aliphatic rings. The third-order valence-electron chi connectivity index (χ3n) is 2.12. The average molecular weight is 218 g/mol. The molecule has 0 aliphatic carbocycles. The standard InChI is InChI=1S/C12H14N2O2/c1-9(12(14-16)10(2)15)13-8-11-6-4-3-5-7-11/h3-7,16H,8H2,1-2H3/b13-9?,14-12-. The van der Waals surface area contributed by atoms with Crippen molar-refractivity contribution < 1.29 is 10.0 Å². The quantitative estimate of drug-likeness (QED) is 0.477. The zero-order valence-electron chi connectivity index (χ0n) is 9.34. The lowest BCUT2D eigenvalue weighted by Gasteiger charge is -2.00. The van der Waals surface area contributed by atoms with E-state index >= 15 is 0 Å². The Bertz CT molecular complexity index is 422. The molecule has 0 bridgehead atoms. The van der Waals surface area contributed by atoms with Crippen LogP contribution >= 0.6 is 0 Å². The Balaban J connectivity index is 2.75. The number of ketones is 1. The number of nitrogens with zero attached hydrogens (tertiary/aromatic N) is 2. The molecule has 0 unspecified atom stereocenters. The van der Waals surface area contributed by atoms with Crippen molar-refractivity contribution in [2.45, 2.75) is 20.4 Å². The highest BCUT2D eigenvalue weighted by Gasteiger charge is 2.09. The lowest BCUT2D eigenvalue weighted by Crippen LogP contribution is -2.19. The van der Waals surface area contributed by atoms with Crippen molar-refractivity contribution in [1.29, 1.82) is 0 Å². The fraction of sp³-hybridized carbons (Fsp3) is 0.250. The second-order valence-corrected chi connectivity index (χ2v) is 3.39. The number of hydrogen-bond donors (Lipinski definition) is 1. The number of carbonyl (C=O) groups excluding carboxylic acids is 1. The molecule has 1 aromatic carbocycles. The fourth-order valence-electron chi connectivity index (χ4n) is 1.27. The van der Waals surface area contributed by atoms with Gasteiger partial charge in [0.15, 0.2) is 11.5 Å². The van der Waals surface area contributed by atoms with Crippen LogP contribution in [-0.4, -0.2) is 22.4 Å². The first-order chi connectivity index (χ1) is 7.65. The summed E-state index contributed by atoms with van der Waals surface area (Å²) in [5, 5.41) is 11.6. The van der Waals surface area contributed by atoms with E-state index in [0.29, 0.717) is 12.3 Å². The van der Waals surface area contributed by atoms with Crippen molar-refractivity contribution in [1.82, 2.24) is 0 Å². The van der Waals surface area contributed by atoms with Gasteiger partial charge in [0.05, 0.1) is 12.3 Å². The van der Waals surface area contributed by atoms with Crippen molar-refractivity contribution in [3.8, 4) is 0 Å². The summed E-state index contributed by atoms with van der Waals surface area (Å²) in [6, 6.07) is 9.66. The van der Waals surface area contributed by atoms with Crippen molar-refractivity contribution >= 4 is 17.2 Å². The van der Waals surface area contributed by atoms with E-state index in [1.54, 1.807) is 6.92 Å². The summed E-state index contributed by atoms with van der Waals surface area (Å²) < 4.78 is 0. The van der Waals surface area contributed by atoms with Crippen molar-refractivity contribution in [3.63, 3.8) is 0 Å². The summed E-state index contributed by atoms with van der Waals surface area (Å²) in [5.41, 5.74) is 1.50. The number of hydrogen-bond acceptors (Lipinski definition) is 4. The van der Waals surface area contributed by atoms with Gasteiger partial charge in [0, 0.05) is 6.92 Å². The van der Waals surface area contributed by atoms with Crippen LogP contribution in [0, 0.1) is 0 Å². The molecule has 4 nitrogen and oxygen atoms in total. The predicted octanol–water partition coefficient (Wildman–Crippen LogP) is 2.07. The first-order valence-corrected chi connectivity index (χ1v) is 4.93. The summed E-state index contributed by atoms with van der Waals surface area (Å²) in [4.78, 5) is 15.2. The van der Waals surface area contributed by atoms with Crippen LogP contribution in [0.2, 0.25) is 0 Å². The highest BCUT2D eigenvalue weighted by molar-refractivity contribution is 6.66. The zero-order valence-corrected chi connectivity index (χ0v) is 9.34. The topological polar surface area (TPSA) is 62.0 Å². The van der Waals surface area contributed by atoms with Gasteiger partial charge in [-0.15, -0.1) is 0 Å². The molecule has 0 atom stereocenters. The van der Waals surface area contributed by atoms with E-state index in [-0.39, 0.29) is 11.5 Å². The SMILES string of the molecule is CC(=O)/C(=N\O)C(C)=NCc1ccccc1. The summed E-state index contributed by atoms with van der Waals surface area (Å²) >= 11 is 0. The summed E-state index contributed by atoms with van der Waals surface area (Å²) in [7, 11) is 0. The number of Topliss-reactive ketones (excluding diaryl/α,β-unsaturated/α-hetero) is 1. The van der Waals surface area contributed by atoms with Gasteiger partial charge in [-0.2, -0.15) is 0 Å². The molecule has 0 aliphatic heterocycles. The van der Waals surface area contributed by atoms with Gasteiger partial charge in [-0.1, -0.05) is 35.5 Å². The van der Waals surface area contributed by atoms with Crippen LogP contribution in [-0.2, 0) is 11.3 Å². The Morgan fingerprint density at radius 2 is 1.88 bits per heavy atom. The fourth-order valence-corrected chi connectivity index (χ4v) is 1.27. The van der Waals surface area contributed by atoms with Gasteiger partial charge in [-0.3, -0.25) is 9.79 Å². The highest BCUT2D eigenvalue weighted by Crippen LogP contribution is 2.01. The normalized spacial score (nSPS) is 12.6. The van der Waals surface area contributed by atoms with E-state index in [1.165, 1.54) is 6.92 Å². The van der Waals surface area contributed by atoms with Gasteiger partial charge in [-0.05, 0) is 12.5 Å². The Morgan fingerprint density at radius 1 is 1.25 bits per heavy atom. The van der Waals surface area contributed by atoms with Crippen LogP contribution in [0.1, 0.15) is 19.4 Å². The minimum atomic E-state index is -0.295. The van der Waals surface area contributed by atoms with Gasteiger partial charge in [0.2, 0.25) is 0 Å². The summed E-state index contributed by atoms with van der Waals surface area (Å²) in [5.74, 6) is -0.295. The number of oxime groups is 1. The monoisotopic (exact) mass is 218 g/mol. The van der Waals surface area contributed by atoms with Crippen LogP contribution in [0.25, 0.3) is 0 Å². The third kappa shape index (κ3) is 3.31. The van der Waals surface area contributed by atoms with Crippen LogP contribution in [0.3, 0.4) is 0 Å².